The lowest BCUT2D eigenvalue weighted by molar-refractivity contribution is -0.385. The Balaban J connectivity index is 1.22. The van der Waals surface area contributed by atoms with E-state index < -0.39 is 5.97 Å². The minimum Gasteiger partial charge on any atom is -0.441 e. The second kappa shape index (κ2) is 14.2. The van der Waals surface area contributed by atoms with Crippen LogP contribution >= 0.6 is 0 Å². The number of rotatable bonds is 13. The van der Waals surface area contributed by atoms with Crippen LogP contribution < -0.4 is 10.6 Å². The topological polar surface area (TPSA) is 111 Å². The predicted octanol–water partition coefficient (Wildman–Crippen LogP) is 6.52. The van der Waals surface area contributed by atoms with Crippen molar-refractivity contribution in [2.24, 2.45) is 0 Å². The van der Waals surface area contributed by atoms with Gasteiger partial charge in [0.25, 0.3) is 5.69 Å². The van der Waals surface area contributed by atoms with Crippen LogP contribution in [0.4, 0.5) is 11.4 Å². The largest absolute Gasteiger partial charge is 0.441 e. The maximum atomic E-state index is 12.6. The van der Waals surface area contributed by atoms with Crippen molar-refractivity contribution in [3.8, 4) is 11.1 Å². The normalized spacial score (nSPS) is 10.5. The first-order chi connectivity index (χ1) is 19.5. The van der Waals surface area contributed by atoms with Crippen LogP contribution in [0.2, 0.25) is 0 Å². The molecular formula is C32H31N3O5. The first-order valence-electron chi connectivity index (χ1n) is 13.1. The molecule has 0 saturated carbocycles. The SMILES string of the molecule is O=C(CCCCc1cc(NCc2ccccc2)ccc1[N+](=O)[O-])NCOC(=O)c1ccccc1-c1ccccc1. The molecule has 0 radical (unpaired) electrons. The van der Waals surface area contributed by atoms with Gasteiger partial charge in [-0.05, 0) is 54.2 Å². The number of nitrogens with zero attached hydrogens (tertiary/aromatic N) is 1. The Kier molecular flexibility index (Phi) is 9.99. The van der Waals surface area contributed by atoms with Crippen molar-refractivity contribution in [3.63, 3.8) is 0 Å². The molecule has 4 rings (SSSR count). The van der Waals surface area contributed by atoms with Gasteiger partial charge in [-0.25, -0.2) is 4.79 Å². The first kappa shape index (κ1) is 28.0. The number of ether oxygens (including phenoxy) is 1. The van der Waals surface area contributed by atoms with E-state index in [0.29, 0.717) is 36.9 Å². The zero-order chi connectivity index (χ0) is 28.2. The molecule has 0 saturated heterocycles. The van der Waals surface area contributed by atoms with Gasteiger partial charge >= 0.3 is 5.97 Å². The van der Waals surface area contributed by atoms with Crippen molar-refractivity contribution in [2.75, 3.05) is 12.0 Å². The van der Waals surface area contributed by atoms with Crippen LogP contribution in [0.5, 0.6) is 0 Å². The molecule has 0 atom stereocenters. The van der Waals surface area contributed by atoms with Gasteiger partial charge in [0.1, 0.15) is 0 Å². The van der Waals surface area contributed by atoms with Crippen molar-refractivity contribution >= 4 is 23.3 Å². The van der Waals surface area contributed by atoms with E-state index in [-0.39, 0.29) is 29.7 Å². The molecule has 204 valence electrons. The lowest BCUT2D eigenvalue weighted by atomic mass is 10.00. The Bertz CT molecular complexity index is 1440. The fourth-order valence-electron chi connectivity index (χ4n) is 4.35. The van der Waals surface area contributed by atoms with Crippen LogP contribution in [0.15, 0.2) is 103 Å². The number of amides is 1. The summed E-state index contributed by atoms with van der Waals surface area (Å²) in [6, 6.07) is 31.6. The van der Waals surface area contributed by atoms with Crippen LogP contribution in [0, 0.1) is 10.1 Å². The van der Waals surface area contributed by atoms with Crippen LogP contribution in [0.3, 0.4) is 0 Å². The van der Waals surface area contributed by atoms with E-state index in [1.807, 2.05) is 72.8 Å². The maximum Gasteiger partial charge on any atom is 0.340 e. The van der Waals surface area contributed by atoms with Gasteiger partial charge in [-0.3, -0.25) is 14.9 Å². The van der Waals surface area contributed by atoms with E-state index >= 15 is 0 Å². The molecule has 0 unspecified atom stereocenters. The van der Waals surface area contributed by atoms with Gasteiger partial charge in [-0.1, -0.05) is 78.9 Å². The maximum absolute atomic E-state index is 12.6. The van der Waals surface area contributed by atoms with E-state index in [1.54, 1.807) is 24.3 Å². The van der Waals surface area contributed by atoms with Crippen LogP contribution in [0.1, 0.15) is 40.7 Å². The minimum atomic E-state index is -0.521. The summed E-state index contributed by atoms with van der Waals surface area (Å²) in [6.45, 7) is 0.377. The van der Waals surface area contributed by atoms with Gasteiger partial charge in [-0.2, -0.15) is 0 Å². The fraction of sp³-hybridized carbons (Fsp3) is 0.188. The molecule has 0 aromatic heterocycles. The monoisotopic (exact) mass is 537 g/mol. The van der Waals surface area contributed by atoms with Crippen molar-refractivity contribution in [1.29, 1.82) is 0 Å². The average Bonchev–Trinajstić information content (AvgIpc) is 2.99. The Hall–Kier alpha value is -4.98. The van der Waals surface area contributed by atoms with Gasteiger partial charge in [0.15, 0.2) is 6.73 Å². The van der Waals surface area contributed by atoms with E-state index in [4.69, 9.17) is 4.74 Å². The Morgan fingerprint density at radius 2 is 1.52 bits per heavy atom. The first-order valence-corrected chi connectivity index (χ1v) is 13.1. The summed E-state index contributed by atoms with van der Waals surface area (Å²) in [4.78, 5) is 36.1. The lowest BCUT2D eigenvalue weighted by Gasteiger charge is -2.11. The van der Waals surface area contributed by atoms with Gasteiger partial charge in [0, 0.05) is 30.3 Å². The molecule has 8 heteroatoms. The molecular weight excluding hydrogens is 506 g/mol. The molecule has 8 nitrogen and oxygen atoms in total. The third kappa shape index (κ3) is 8.01. The van der Waals surface area contributed by atoms with Gasteiger partial charge in [0.05, 0.1) is 10.5 Å². The molecule has 4 aromatic rings. The van der Waals surface area contributed by atoms with E-state index in [2.05, 4.69) is 10.6 Å². The highest BCUT2D eigenvalue weighted by Gasteiger charge is 2.16. The zero-order valence-electron chi connectivity index (χ0n) is 22.0. The summed E-state index contributed by atoms with van der Waals surface area (Å²) in [7, 11) is 0. The number of nitrogens with one attached hydrogen (secondary N) is 2. The molecule has 0 aliphatic rings. The second-order valence-corrected chi connectivity index (χ2v) is 9.23. The smallest absolute Gasteiger partial charge is 0.340 e. The third-order valence-electron chi connectivity index (χ3n) is 6.42. The summed E-state index contributed by atoms with van der Waals surface area (Å²) in [5.41, 5.74) is 4.68. The number of aryl methyl sites for hydroxylation is 1. The number of hydrogen-bond acceptors (Lipinski definition) is 6. The Morgan fingerprint density at radius 1 is 0.825 bits per heavy atom. The Morgan fingerprint density at radius 3 is 2.27 bits per heavy atom. The van der Waals surface area contributed by atoms with Crippen LogP contribution in [-0.4, -0.2) is 23.5 Å². The summed E-state index contributed by atoms with van der Waals surface area (Å²) in [5, 5.41) is 17.4. The van der Waals surface area contributed by atoms with E-state index in [0.717, 1.165) is 22.4 Å². The molecule has 0 aliphatic heterocycles. The summed E-state index contributed by atoms with van der Waals surface area (Å²) in [5.74, 6) is -0.773. The van der Waals surface area contributed by atoms with E-state index in [1.165, 1.54) is 6.07 Å². The van der Waals surface area contributed by atoms with Crippen molar-refractivity contribution in [3.05, 3.63) is 130 Å². The van der Waals surface area contributed by atoms with Crippen molar-refractivity contribution in [2.45, 2.75) is 32.2 Å². The van der Waals surface area contributed by atoms with Gasteiger partial charge < -0.3 is 15.4 Å². The molecule has 1 amide bonds. The predicted molar refractivity (Wildman–Crippen MR) is 155 cm³/mol. The molecule has 0 aliphatic carbocycles. The highest BCUT2D eigenvalue weighted by Crippen LogP contribution is 2.26. The summed E-state index contributed by atoms with van der Waals surface area (Å²) >= 11 is 0. The van der Waals surface area contributed by atoms with Crippen LogP contribution in [0.25, 0.3) is 11.1 Å². The number of hydrogen-bond donors (Lipinski definition) is 2. The number of unbranched alkanes of at least 4 members (excludes halogenated alkanes) is 1. The molecule has 0 bridgehead atoms. The molecule has 0 spiro atoms. The fourth-order valence-corrected chi connectivity index (χ4v) is 4.35. The molecule has 0 heterocycles. The van der Waals surface area contributed by atoms with Crippen molar-refractivity contribution < 1.29 is 19.2 Å². The highest BCUT2D eigenvalue weighted by molar-refractivity contribution is 5.97. The second-order valence-electron chi connectivity index (χ2n) is 9.23. The molecule has 4 aromatic carbocycles. The molecule has 40 heavy (non-hydrogen) atoms. The van der Waals surface area contributed by atoms with Gasteiger partial charge in [-0.15, -0.1) is 0 Å². The lowest BCUT2D eigenvalue weighted by Crippen LogP contribution is -2.27. The zero-order valence-corrected chi connectivity index (χ0v) is 22.0. The number of esters is 1. The number of benzene rings is 4. The number of carbonyl (C=O) groups excluding carboxylic acids is 2. The molecule has 2 N–H and O–H groups in total. The number of nitro benzene ring substituents is 1. The molecule has 0 fully saturated rings. The van der Waals surface area contributed by atoms with Crippen LogP contribution in [-0.2, 0) is 22.5 Å². The highest BCUT2D eigenvalue weighted by atomic mass is 16.6. The Labute approximate surface area is 233 Å². The van der Waals surface area contributed by atoms with E-state index in [9.17, 15) is 19.7 Å². The summed E-state index contributed by atoms with van der Waals surface area (Å²) < 4.78 is 5.29. The standard InChI is InChI=1S/C32H31N3O5/c36-31(34-23-40-32(37)29-17-9-8-16-28(29)25-13-5-2-6-14-25)18-10-7-15-26-21-27(19-20-30(26)35(38)39)33-22-24-11-3-1-4-12-24/h1-6,8-9,11-14,16-17,19-21,33H,7,10,15,18,22-23H2,(H,34,36). The number of carbonyl (C=O) groups is 2. The van der Waals surface area contributed by atoms with Gasteiger partial charge in [0.2, 0.25) is 5.91 Å². The summed E-state index contributed by atoms with van der Waals surface area (Å²) in [6.07, 6.45) is 1.82. The quantitative estimate of drug-likeness (QED) is 0.0661. The average molecular weight is 538 g/mol. The number of nitro groups is 1. The third-order valence-corrected chi connectivity index (χ3v) is 6.42. The number of anilines is 1. The minimum absolute atomic E-state index is 0.0670. The van der Waals surface area contributed by atoms with Crippen molar-refractivity contribution in [1.82, 2.24) is 5.32 Å².